The van der Waals surface area contributed by atoms with E-state index in [0.717, 1.165) is 0 Å². The molecule has 0 saturated heterocycles. The number of nitrogens with one attached hydrogen (secondary N) is 1. The molecule has 1 heterocycles. The Labute approximate surface area is 99.4 Å². The van der Waals surface area contributed by atoms with Gasteiger partial charge < -0.3 is 15.0 Å². The minimum absolute atomic E-state index is 0.164. The number of rotatable bonds is 4. The molecule has 0 aliphatic rings. The first-order valence-electron chi connectivity index (χ1n) is 4.89. The van der Waals surface area contributed by atoms with Crippen LogP contribution in [0.15, 0.2) is 12.4 Å². The van der Waals surface area contributed by atoms with Crippen molar-refractivity contribution in [2.45, 2.75) is 25.7 Å². The summed E-state index contributed by atoms with van der Waals surface area (Å²) in [6.07, 6.45) is -2.49. The van der Waals surface area contributed by atoms with Crippen LogP contribution >= 0.6 is 0 Å². The van der Waals surface area contributed by atoms with Crippen LogP contribution in [-0.2, 0) is 16.1 Å². The standard InChI is InChI=1S/C9H10F3N3O3/c1-2-15-4-3-13-6(15)5(7(16)17)14-8(18)9(10,11)12/h3-5H,2H2,1H3,(H,14,18)(H,16,17). The summed E-state index contributed by atoms with van der Waals surface area (Å²) in [4.78, 5) is 25.3. The number of aromatic nitrogens is 2. The third-order valence-corrected chi connectivity index (χ3v) is 2.13. The summed E-state index contributed by atoms with van der Waals surface area (Å²) < 4.78 is 37.5. The Bertz CT molecular complexity index is 455. The fraction of sp³-hybridized carbons (Fsp3) is 0.444. The van der Waals surface area contributed by atoms with Gasteiger partial charge in [0, 0.05) is 18.9 Å². The fourth-order valence-corrected chi connectivity index (χ4v) is 1.30. The number of alkyl halides is 3. The number of carboxylic acid groups (broad SMARTS) is 1. The van der Waals surface area contributed by atoms with E-state index in [0.29, 0.717) is 6.54 Å². The molecule has 6 nitrogen and oxygen atoms in total. The number of carbonyl (C=O) groups excluding carboxylic acids is 1. The molecule has 9 heteroatoms. The average molecular weight is 265 g/mol. The summed E-state index contributed by atoms with van der Waals surface area (Å²) in [6.45, 7) is 1.98. The molecule has 0 fully saturated rings. The number of imidazole rings is 1. The van der Waals surface area contributed by atoms with E-state index in [1.54, 1.807) is 6.92 Å². The second-order valence-electron chi connectivity index (χ2n) is 3.31. The number of carbonyl (C=O) groups is 2. The molecule has 1 unspecified atom stereocenters. The van der Waals surface area contributed by atoms with Gasteiger partial charge in [-0.2, -0.15) is 13.2 Å². The Morgan fingerprint density at radius 2 is 2.17 bits per heavy atom. The molecule has 0 aliphatic carbocycles. The van der Waals surface area contributed by atoms with E-state index < -0.39 is 24.1 Å². The van der Waals surface area contributed by atoms with Gasteiger partial charge in [0.15, 0.2) is 6.04 Å². The Morgan fingerprint density at radius 1 is 1.56 bits per heavy atom. The highest BCUT2D eigenvalue weighted by Gasteiger charge is 2.42. The Morgan fingerprint density at radius 3 is 2.61 bits per heavy atom. The lowest BCUT2D eigenvalue weighted by Crippen LogP contribution is -2.42. The van der Waals surface area contributed by atoms with Crippen molar-refractivity contribution in [1.82, 2.24) is 14.9 Å². The smallest absolute Gasteiger partial charge is 0.471 e. The van der Waals surface area contributed by atoms with Crippen molar-refractivity contribution in [3.63, 3.8) is 0 Å². The molecular formula is C9H10F3N3O3. The Balaban J connectivity index is 2.98. The van der Waals surface area contributed by atoms with E-state index in [2.05, 4.69) is 4.98 Å². The number of nitrogens with zero attached hydrogens (tertiary/aromatic N) is 2. The zero-order valence-electron chi connectivity index (χ0n) is 9.23. The molecule has 0 saturated carbocycles. The normalized spacial score (nSPS) is 13.1. The number of aryl methyl sites for hydroxylation is 1. The number of hydrogen-bond acceptors (Lipinski definition) is 3. The first-order chi connectivity index (χ1) is 8.27. The Kier molecular flexibility index (Phi) is 3.94. The van der Waals surface area contributed by atoms with Gasteiger partial charge >= 0.3 is 18.1 Å². The van der Waals surface area contributed by atoms with E-state index in [-0.39, 0.29) is 5.82 Å². The molecule has 0 aliphatic heterocycles. The molecule has 1 atom stereocenters. The lowest BCUT2D eigenvalue weighted by atomic mass is 10.2. The second-order valence-corrected chi connectivity index (χ2v) is 3.31. The summed E-state index contributed by atoms with van der Waals surface area (Å²) in [5.41, 5.74) is 0. The van der Waals surface area contributed by atoms with Gasteiger partial charge in [-0.3, -0.25) is 4.79 Å². The van der Waals surface area contributed by atoms with Crippen LogP contribution in [0.25, 0.3) is 0 Å². The molecule has 1 rings (SSSR count). The Hall–Kier alpha value is -2.06. The highest BCUT2D eigenvalue weighted by Crippen LogP contribution is 2.18. The van der Waals surface area contributed by atoms with Crippen LogP contribution in [0.1, 0.15) is 18.8 Å². The molecule has 1 aromatic rings. The van der Waals surface area contributed by atoms with Crippen LogP contribution in [-0.4, -0.2) is 32.7 Å². The molecule has 18 heavy (non-hydrogen) atoms. The predicted octanol–water partition coefficient (Wildman–Crippen LogP) is 0.707. The van der Waals surface area contributed by atoms with Crippen molar-refractivity contribution in [2.75, 3.05) is 0 Å². The van der Waals surface area contributed by atoms with Gasteiger partial charge in [-0.25, -0.2) is 9.78 Å². The zero-order valence-corrected chi connectivity index (χ0v) is 9.23. The largest absolute Gasteiger partial charge is 0.479 e. The molecule has 0 spiro atoms. The molecule has 1 aromatic heterocycles. The van der Waals surface area contributed by atoms with E-state index in [1.165, 1.54) is 22.3 Å². The summed E-state index contributed by atoms with van der Waals surface area (Å²) in [5, 5.41) is 10.2. The van der Waals surface area contributed by atoms with Gasteiger partial charge in [0.25, 0.3) is 0 Å². The van der Waals surface area contributed by atoms with Crippen molar-refractivity contribution >= 4 is 11.9 Å². The minimum atomic E-state index is -5.14. The second kappa shape index (κ2) is 5.07. The van der Waals surface area contributed by atoms with Gasteiger partial charge in [-0.15, -0.1) is 0 Å². The highest BCUT2D eigenvalue weighted by atomic mass is 19.4. The summed E-state index contributed by atoms with van der Waals surface area (Å²) in [5.74, 6) is -4.10. The molecule has 0 radical (unpaired) electrons. The molecule has 0 aromatic carbocycles. The first-order valence-corrected chi connectivity index (χ1v) is 4.89. The number of hydrogen-bond donors (Lipinski definition) is 2. The average Bonchev–Trinajstić information content (AvgIpc) is 2.71. The molecule has 1 amide bonds. The van der Waals surface area contributed by atoms with Gasteiger partial charge in [-0.1, -0.05) is 0 Å². The van der Waals surface area contributed by atoms with Crippen LogP contribution < -0.4 is 5.32 Å². The maximum absolute atomic E-state index is 12.1. The number of carboxylic acids is 1. The number of aliphatic carboxylic acids is 1. The lowest BCUT2D eigenvalue weighted by Gasteiger charge is -2.16. The van der Waals surface area contributed by atoms with Gasteiger partial charge in [0.1, 0.15) is 5.82 Å². The van der Waals surface area contributed by atoms with Crippen molar-refractivity contribution < 1.29 is 27.9 Å². The summed E-state index contributed by atoms with van der Waals surface area (Å²) in [6, 6.07) is -1.84. The lowest BCUT2D eigenvalue weighted by molar-refractivity contribution is -0.175. The van der Waals surface area contributed by atoms with Gasteiger partial charge in [0.05, 0.1) is 0 Å². The van der Waals surface area contributed by atoms with E-state index in [9.17, 15) is 22.8 Å². The number of halogens is 3. The molecule has 2 N–H and O–H groups in total. The van der Waals surface area contributed by atoms with Crippen molar-refractivity contribution in [2.24, 2.45) is 0 Å². The number of amides is 1. The topological polar surface area (TPSA) is 84.2 Å². The molecular weight excluding hydrogens is 255 g/mol. The van der Waals surface area contributed by atoms with E-state index in [1.807, 2.05) is 0 Å². The monoisotopic (exact) mass is 265 g/mol. The summed E-state index contributed by atoms with van der Waals surface area (Å²) in [7, 11) is 0. The summed E-state index contributed by atoms with van der Waals surface area (Å²) >= 11 is 0. The van der Waals surface area contributed by atoms with E-state index in [4.69, 9.17) is 5.11 Å². The van der Waals surface area contributed by atoms with Crippen molar-refractivity contribution in [3.8, 4) is 0 Å². The van der Waals surface area contributed by atoms with Crippen LogP contribution in [0.2, 0.25) is 0 Å². The van der Waals surface area contributed by atoms with Crippen LogP contribution in [0.4, 0.5) is 13.2 Å². The first kappa shape index (κ1) is 14.0. The molecule has 100 valence electrons. The SMILES string of the molecule is CCn1ccnc1C(NC(=O)C(F)(F)F)C(=O)O. The van der Waals surface area contributed by atoms with Crippen LogP contribution in [0, 0.1) is 0 Å². The zero-order chi connectivity index (χ0) is 13.9. The van der Waals surface area contributed by atoms with Crippen molar-refractivity contribution in [3.05, 3.63) is 18.2 Å². The quantitative estimate of drug-likeness (QED) is 0.839. The fourth-order valence-electron chi connectivity index (χ4n) is 1.30. The molecule has 0 bridgehead atoms. The predicted molar refractivity (Wildman–Crippen MR) is 52.5 cm³/mol. The van der Waals surface area contributed by atoms with Crippen molar-refractivity contribution in [1.29, 1.82) is 0 Å². The third kappa shape index (κ3) is 2.99. The minimum Gasteiger partial charge on any atom is -0.479 e. The third-order valence-electron chi connectivity index (χ3n) is 2.13. The van der Waals surface area contributed by atoms with Crippen LogP contribution in [0.5, 0.6) is 0 Å². The van der Waals surface area contributed by atoms with Crippen LogP contribution in [0.3, 0.4) is 0 Å². The highest BCUT2D eigenvalue weighted by molar-refractivity contribution is 5.87. The van der Waals surface area contributed by atoms with Gasteiger partial charge in [-0.05, 0) is 6.92 Å². The maximum Gasteiger partial charge on any atom is 0.471 e. The maximum atomic E-state index is 12.1. The van der Waals surface area contributed by atoms with Gasteiger partial charge in [0.2, 0.25) is 0 Å². The van der Waals surface area contributed by atoms with E-state index >= 15 is 0 Å².